The van der Waals surface area contributed by atoms with Crippen LogP contribution in [0.1, 0.15) is 69.9 Å². The molecule has 56 heavy (non-hydrogen) atoms. The summed E-state index contributed by atoms with van der Waals surface area (Å²) in [5, 5.41) is 23.4. The second kappa shape index (κ2) is 16.9. The molecule has 9 nitrogen and oxygen atoms in total. The molecular formula is C46H44FN5O4. The van der Waals surface area contributed by atoms with Gasteiger partial charge in [0.25, 0.3) is 5.91 Å². The van der Waals surface area contributed by atoms with Crippen LogP contribution in [0.2, 0.25) is 0 Å². The number of anilines is 2. The van der Waals surface area contributed by atoms with Crippen LogP contribution in [0.5, 0.6) is 0 Å². The first-order chi connectivity index (χ1) is 27.2. The fourth-order valence-corrected chi connectivity index (χ4v) is 7.77. The van der Waals surface area contributed by atoms with Crippen molar-refractivity contribution in [2.45, 2.75) is 64.6 Å². The lowest BCUT2D eigenvalue weighted by Gasteiger charge is -2.26. The fraction of sp³-hybridized carbons (Fsp3) is 0.217. The van der Waals surface area contributed by atoms with E-state index in [2.05, 4.69) is 40.0 Å². The lowest BCUT2D eigenvalue weighted by Crippen LogP contribution is -2.42. The maximum absolute atomic E-state index is 14.0. The van der Waals surface area contributed by atoms with E-state index >= 15 is 0 Å². The molecule has 1 aliphatic heterocycles. The number of nitrogens with two attached hydrogens (primary N) is 1. The summed E-state index contributed by atoms with van der Waals surface area (Å²) in [5.41, 5.74) is 8.19. The molecule has 0 aromatic heterocycles. The molecule has 5 aromatic rings. The number of benzene rings is 5. The Morgan fingerprint density at radius 2 is 1.77 bits per heavy atom. The van der Waals surface area contributed by atoms with E-state index in [0.717, 1.165) is 53.4 Å². The van der Waals surface area contributed by atoms with Crippen LogP contribution >= 0.6 is 0 Å². The van der Waals surface area contributed by atoms with Crippen molar-refractivity contribution in [1.29, 1.82) is 0 Å². The molecule has 2 aliphatic carbocycles. The van der Waals surface area contributed by atoms with Gasteiger partial charge in [-0.05, 0) is 111 Å². The number of nitrogens with one attached hydrogen (secondary N) is 2. The zero-order valence-electron chi connectivity index (χ0n) is 31.2. The van der Waals surface area contributed by atoms with Crippen LogP contribution in [0, 0.1) is 16.3 Å². The van der Waals surface area contributed by atoms with Gasteiger partial charge in [-0.3, -0.25) is 14.4 Å². The van der Waals surface area contributed by atoms with E-state index in [0.29, 0.717) is 23.2 Å². The van der Waals surface area contributed by atoms with Crippen LogP contribution in [0.15, 0.2) is 102 Å². The van der Waals surface area contributed by atoms with Crippen molar-refractivity contribution in [2.75, 3.05) is 10.2 Å². The van der Waals surface area contributed by atoms with Crippen LogP contribution < -0.4 is 31.8 Å². The molecule has 0 saturated carbocycles. The topological polar surface area (TPSA) is 137 Å². The van der Waals surface area contributed by atoms with E-state index in [-0.39, 0.29) is 24.8 Å². The summed E-state index contributed by atoms with van der Waals surface area (Å²) in [6, 6.07) is 29.6. The standard InChI is InChI=1S/C27H24FN3O.C19H20N2O3/c28-26-13-17(5-6-21(26)16-31-29)15-30-27(32)20-9-10-23-19(14-20)8-12-24-22-4-2-1-3-18(22)7-11-25(23)24;1-2-13-7-4-6-10-17(13)21-12-14-8-3-5-9-15(14)20-16(19(21)24)11-18(22)23/h3,5-11,13-14,16H,1-2,4,12,15,29H2,(H,30,32);3-10,16,20H,2,11-12H2,1H3,(H,22,23). The molecule has 0 bridgehead atoms. The lowest BCUT2D eigenvalue weighted by atomic mass is 9.88. The number of aliphatic carboxylic acids is 1. The maximum atomic E-state index is 14.0. The van der Waals surface area contributed by atoms with Gasteiger partial charge in [-0.15, -0.1) is 0 Å². The van der Waals surface area contributed by atoms with Crippen LogP contribution in [0.3, 0.4) is 0 Å². The van der Waals surface area contributed by atoms with E-state index in [1.807, 2.05) is 73.7 Å². The number of carbonyl (C=O) groups excluding carboxylic acids is 2. The normalized spacial score (nSPS) is 15.3. The minimum absolute atomic E-state index is 0.181. The Balaban J connectivity index is 0.000000179. The predicted octanol–water partition coefficient (Wildman–Crippen LogP) is 5.84. The molecule has 8 rings (SSSR count). The minimum Gasteiger partial charge on any atom is -0.481 e. The number of halogens is 1. The number of carboxylic acids is 1. The summed E-state index contributed by atoms with van der Waals surface area (Å²) in [4.78, 5) is 38.6. The van der Waals surface area contributed by atoms with E-state index in [1.165, 1.54) is 45.5 Å². The average Bonchev–Trinajstić information content (AvgIpc) is 3.35. The molecule has 0 saturated heterocycles. The third kappa shape index (κ3) is 8.10. The third-order valence-corrected chi connectivity index (χ3v) is 10.6. The van der Waals surface area contributed by atoms with E-state index < -0.39 is 17.8 Å². The number of hydrazone groups is 1. The predicted molar refractivity (Wildman–Crippen MR) is 218 cm³/mol. The van der Waals surface area contributed by atoms with Gasteiger partial charge in [0.2, 0.25) is 5.91 Å². The molecule has 0 spiro atoms. The quantitative estimate of drug-likeness (QED) is 0.0895. The third-order valence-electron chi connectivity index (χ3n) is 10.6. The summed E-state index contributed by atoms with van der Waals surface area (Å²) >= 11 is 0. The van der Waals surface area contributed by atoms with Gasteiger partial charge in [-0.25, -0.2) is 4.39 Å². The number of fused-ring (bicyclic) bond motifs is 5. The SMILES string of the molecule is CCc1ccccc1N1Cc2ccccc2NC(CC(=O)O)C1=O.NN=Cc1ccc(CNC(=O)c2ccc3c(c2)=CCc2c4c(ccc2=3)=CCCC4)cc1F. The van der Waals surface area contributed by atoms with Crippen molar-refractivity contribution in [3.63, 3.8) is 0 Å². The Morgan fingerprint density at radius 1 is 0.964 bits per heavy atom. The Bertz CT molecular complexity index is 2590. The molecule has 0 radical (unpaired) electrons. The van der Waals surface area contributed by atoms with E-state index in [1.54, 1.807) is 17.0 Å². The highest BCUT2D eigenvalue weighted by atomic mass is 19.1. The van der Waals surface area contributed by atoms with Crippen molar-refractivity contribution in [3.05, 3.63) is 163 Å². The summed E-state index contributed by atoms with van der Waals surface area (Å²) in [6.07, 6.45) is 10.8. The molecular weight excluding hydrogens is 706 g/mol. The number of carboxylic acid groups (broad SMARTS) is 1. The van der Waals surface area contributed by atoms with Gasteiger partial charge < -0.3 is 26.5 Å². The monoisotopic (exact) mass is 749 g/mol. The number of nitrogens with zero attached hydrogens (tertiary/aromatic N) is 2. The number of aryl methyl sites for hydroxylation is 1. The van der Waals surface area contributed by atoms with Gasteiger partial charge in [0.15, 0.2) is 0 Å². The molecule has 5 aromatic carbocycles. The molecule has 1 atom stereocenters. The average molecular weight is 750 g/mol. The van der Waals surface area contributed by atoms with Gasteiger partial charge >= 0.3 is 5.97 Å². The zero-order chi connectivity index (χ0) is 39.2. The van der Waals surface area contributed by atoms with Crippen molar-refractivity contribution < 1.29 is 23.9 Å². The Morgan fingerprint density at radius 3 is 2.57 bits per heavy atom. The summed E-state index contributed by atoms with van der Waals surface area (Å²) in [6.45, 7) is 2.71. The number of hydrogen-bond acceptors (Lipinski definition) is 6. The van der Waals surface area contributed by atoms with Gasteiger partial charge in [0.1, 0.15) is 11.9 Å². The highest BCUT2D eigenvalue weighted by molar-refractivity contribution is 6.02. The van der Waals surface area contributed by atoms with Gasteiger partial charge in [-0.1, -0.05) is 85.8 Å². The van der Waals surface area contributed by atoms with Crippen molar-refractivity contribution in [2.24, 2.45) is 10.9 Å². The summed E-state index contributed by atoms with van der Waals surface area (Å²) in [7, 11) is 0. The molecule has 10 heteroatoms. The molecule has 284 valence electrons. The molecule has 1 heterocycles. The summed E-state index contributed by atoms with van der Waals surface area (Å²) < 4.78 is 14.0. The number of para-hydroxylation sites is 2. The van der Waals surface area contributed by atoms with Gasteiger partial charge in [0.05, 0.1) is 19.2 Å². The van der Waals surface area contributed by atoms with Gasteiger partial charge in [-0.2, -0.15) is 5.10 Å². The van der Waals surface area contributed by atoms with Crippen molar-refractivity contribution in [3.8, 4) is 0 Å². The van der Waals surface area contributed by atoms with Gasteiger partial charge in [0, 0.05) is 29.0 Å². The second-order valence-electron chi connectivity index (χ2n) is 14.1. The Kier molecular flexibility index (Phi) is 11.4. The number of rotatable bonds is 8. The number of hydrogen-bond donors (Lipinski definition) is 4. The molecule has 3 aliphatic rings. The van der Waals surface area contributed by atoms with Crippen LogP contribution in [0.4, 0.5) is 15.8 Å². The highest BCUT2D eigenvalue weighted by Crippen LogP contribution is 2.30. The number of carbonyl (C=O) groups is 3. The zero-order valence-corrected chi connectivity index (χ0v) is 31.2. The van der Waals surface area contributed by atoms with Crippen LogP contribution in [-0.4, -0.2) is 35.1 Å². The Labute approximate surface area is 324 Å². The first-order valence-electron chi connectivity index (χ1n) is 18.9. The first kappa shape index (κ1) is 37.8. The second-order valence-corrected chi connectivity index (χ2v) is 14.1. The van der Waals surface area contributed by atoms with Crippen LogP contribution in [0.25, 0.3) is 12.2 Å². The molecule has 2 amide bonds. The number of amides is 2. The minimum atomic E-state index is -0.996. The van der Waals surface area contributed by atoms with Crippen LogP contribution in [-0.2, 0) is 41.9 Å². The van der Waals surface area contributed by atoms with Crippen molar-refractivity contribution >= 4 is 47.5 Å². The molecule has 0 fully saturated rings. The summed E-state index contributed by atoms with van der Waals surface area (Å²) in [5.74, 6) is 3.26. The fourth-order valence-electron chi connectivity index (χ4n) is 7.77. The highest BCUT2D eigenvalue weighted by Gasteiger charge is 2.32. The lowest BCUT2D eigenvalue weighted by molar-refractivity contribution is -0.138. The van der Waals surface area contributed by atoms with Crippen molar-refractivity contribution in [1.82, 2.24) is 5.32 Å². The largest absolute Gasteiger partial charge is 0.481 e. The maximum Gasteiger partial charge on any atom is 0.305 e. The Hall–Kier alpha value is -6.55. The molecule has 5 N–H and O–H groups in total. The first-order valence-corrected chi connectivity index (χ1v) is 18.9. The smallest absolute Gasteiger partial charge is 0.305 e. The molecule has 1 unspecified atom stereocenters. The van der Waals surface area contributed by atoms with E-state index in [4.69, 9.17) is 5.84 Å². The van der Waals surface area contributed by atoms with E-state index in [9.17, 15) is 23.9 Å².